The van der Waals surface area contributed by atoms with E-state index in [9.17, 15) is 0 Å². The molecule has 0 atom stereocenters. The quantitative estimate of drug-likeness (QED) is 0.585. The molecule has 0 amide bonds. The van der Waals surface area contributed by atoms with Gasteiger partial charge in [-0.1, -0.05) is 0 Å². The molecule has 0 unspecified atom stereocenters. The van der Waals surface area contributed by atoms with Crippen LogP contribution >= 0.6 is 23.1 Å². The van der Waals surface area contributed by atoms with Crippen molar-refractivity contribution < 1.29 is 0 Å². The second kappa shape index (κ2) is 5.26. The molecule has 1 heterocycles. The third kappa shape index (κ3) is 3.20. The molecule has 1 aromatic rings. The number of hydrogen-bond donors (Lipinski definition) is 0. The molecule has 0 bridgehead atoms. The summed E-state index contributed by atoms with van der Waals surface area (Å²) in [5.74, 6) is 0. The summed E-state index contributed by atoms with van der Waals surface area (Å²) in [6.07, 6.45) is 3.47. The van der Waals surface area contributed by atoms with Crippen molar-refractivity contribution >= 4 is 41.8 Å². The first-order chi connectivity index (χ1) is 5.36. The molecule has 0 radical (unpaired) electrons. The van der Waals surface area contributed by atoms with Crippen LogP contribution in [0.4, 0.5) is 0 Å². The molecule has 0 fully saturated rings. The van der Waals surface area contributed by atoms with Gasteiger partial charge in [0.25, 0.3) is 0 Å². The SMILES string of the molecule is CCC[Se]c1ccc(SC)s1. The number of thioether (sulfide) groups is 1. The van der Waals surface area contributed by atoms with Crippen molar-refractivity contribution in [1.82, 2.24) is 0 Å². The van der Waals surface area contributed by atoms with E-state index in [1.54, 1.807) is 3.78 Å². The van der Waals surface area contributed by atoms with Gasteiger partial charge in [0.05, 0.1) is 0 Å². The van der Waals surface area contributed by atoms with Crippen LogP contribution in [0.5, 0.6) is 0 Å². The average Bonchev–Trinajstić information content (AvgIpc) is 2.48. The van der Waals surface area contributed by atoms with Crippen LogP contribution in [-0.4, -0.2) is 21.2 Å². The molecule has 0 spiro atoms. The predicted molar refractivity (Wildman–Crippen MR) is 56.6 cm³/mol. The molecule has 0 aromatic carbocycles. The van der Waals surface area contributed by atoms with Gasteiger partial charge >= 0.3 is 83.1 Å². The van der Waals surface area contributed by atoms with E-state index in [4.69, 9.17) is 0 Å². The zero-order valence-corrected chi connectivity index (χ0v) is 10.1. The second-order valence-corrected chi connectivity index (χ2v) is 7.28. The van der Waals surface area contributed by atoms with Crippen molar-refractivity contribution in [3.05, 3.63) is 12.1 Å². The molecule has 0 saturated carbocycles. The standard InChI is InChI=1S/C8H12S2Se/c1-3-6-11-8-5-4-7(9-2)10-8/h4-5H,3,6H2,1-2H3. The zero-order chi connectivity index (χ0) is 8.10. The van der Waals surface area contributed by atoms with Crippen LogP contribution in [0.1, 0.15) is 13.3 Å². The second-order valence-electron chi connectivity index (χ2n) is 2.13. The van der Waals surface area contributed by atoms with E-state index in [1.165, 1.54) is 15.9 Å². The first-order valence-corrected chi connectivity index (χ1v) is 7.74. The van der Waals surface area contributed by atoms with E-state index < -0.39 is 0 Å². The Bertz CT molecular complexity index is 208. The van der Waals surface area contributed by atoms with Crippen molar-refractivity contribution in [2.45, 2.75) is 22.9 Å². The van der Waals surface area contributed by atoms with Crippen LogP contribution in [0.3, 0.4) is 0 Å². The van der Waals surface area contributed by atoms with Crippen LogP contribution in [0.15, 0.2) is 16.3 Å². The minimum atomic E-state index is 0.743. The van der Waals surface area contributed by atoms with Crippen LogP contribution in [-0.2, 0) is 0 Å². The van der Waals surface area contributed by atoms with E-state index in [2.05, 4.69) is 25.3 Å². The molecule has 0 N–H and O–H groups in total. The Balaban J connectivity index is 2.44. The Morgan fingerprint density at radius 3 is 2.91 bits per heavy atom. The molecule has 3 heteroatoms. The number of rotatable bonds is 4. The zero-order valence-electron chi connectivity index (χ0n) is 6.79. The Hall–Kier alpha value is 0.569. The number of hydrogen-bond acceptors (Lipinski definition) is 2. The first kappa shape index (κ1) is 9.66. The molecule has 0 saturated heterocycles. The van der Waals surface area contributed by atoms with Crippen LogP contribution < -0.4 is 3.78 Å². The van der Waals surface area contributed by atoms with Gasteiger partial charge in [-0.3, -0.25) is 0 Å². The molecular weight excluding hydrogens is 239 g/mol. The van der Waals surface area contributed by atoms with Crippen molar-refractivity contribution in [3.8, 4) is 0 Å². The van der Waals surface area contributed by atoms with Gasteiger partial charge in [0.2, 0.25) is 0 Å². The van der Waals surface area contributed by atoms with Crippen molar-refractivity contribution in [1.29, 1.82) is 0 Å². The summed E-state index contributed by atoms with van der Waals surface area (Å²) in [5.41, 5.74) is 0. The van der Waals surface area contributed by atoms with Crippen molar-refractivity contribution in [2.24, 2.45) is 0 Å². The normalized spacial score (nSPS) is 10.4. The van der Waals surface area contributed by atoms with E-state index in [0.717, 1.165) is 15.0 Å². The predicted octanol–water partition coefficient (Wildman–Crippen LogP) is 2.63. The molecule has 0 aliphatic rings. The summed E-state index contributed by atoms with van der Waals surface area (Å²) in [6, 6.07) is 4.52. The molecule has 1 aromatic heterocycles. The van der Waals surface area contributed by atoms with Crippen molar-refractivity contribution in [3.63, 3.8) is 0 Å². The topological polar surface area (TPSA) is 0 Å². The van der Waals surface area contributed by atoms with Gasteiger partial charge in [-0.25, -0.2) is 0 Å². The van der Waals surface area contributed by atoms with Crippen LogP contribution in [0.25, 0.3) is 0 Å². The summed E-state index contributed by atoms with van der Waals surface area (Å²) >= 11 is 4.56. The Labute approximate surface area is 82.9 Å². The van der Waals surface area contributed by atoms with Gasteiger partial charge in [-0.05, 0) is 0 Å². The molecule has 0 aliphatic carbocycles. The molecule has 0 aliphatic heterocycles. The van der Waals surface area contributed by atoms with Gasteiger partial charge in [-0.15, -0.1) is 0 Å². The Kier molecular flexibility index (Phi) is 4.61. The Morgan fingerprint density at radius 2 is 2.36 bits per heavy atom. The van der Waals surface area contributed by atoms with Gasteiger partial charge in [0, 0.05) is 0 Å². The third-order valence-electron chi connectivity index (χ3n) is 1.21. The summed E-state index contributed by atoms with van der Waals surface area (Å²) in [6.45, 7) is 2.25. The fourth-order valence-electron chi connectivity index (χ4n) is 0.693. The molecule has 11 heavy (non-hydrogen) atoms. The average molecular weight is 251 g/mol. The van der Waals surface area contributed by atoms with Gasteiger partial charge in [-0.2, -0.15) is 0 Å². The van der Waals surface area contributed by atoms with Crippen LogP contribution in [0, 0.1) is 0 Å². The van der Waals surface area contributed by atoms with E-state index in [-0.39, 0.29) is 0 Å². The molecule has 62 valence electrons. The molecule has 1 rings (SSSR count). The summed E-state index contributed by atoms with van der Waals surface area (Å²) in [5, 5.41) is 1.39. The maximum absolute atomic E-state index is 2.28. The molecule has 0 nitrogen and oxygen atoms in total. The third-order valence-corrected chi connectivity index (χ3v) is 6.47. The van der Waals surface area contributed by atoms with Gasteiger partial charge in [0.1, 0.15) is 0 Å². The van der Waals surface area contributed by atoms with Crippen LogP contribution in [0.2, 0.25) is 5.32 Å². The molecular formula is C8H12S2Se. The summed E-state index contributed by atoms with van der Waals surface area (Å²) in [4.78, 5) is 0. The Morgan fingerprint density at radius 1 is 1.55 bits per heavy atom. The monoisotopic (exact) mass is 252 g/mol. The maximum atomic E-state index is 2.28. The summed E-state index contributed by atoms with van der Waals surface area (Å²) < 4.78 is 3.06. The fourth-order valence-corrected chi connectivity index (χ4v) is 4.95. The number of thiophene rings is 1. The van der Waals surface area contributed by atoms with Crippen molar-refractivity contribution in [2.75, 3.05) is 6.26 Å². The van der Waals surface area contributed by atoms with E-state index >= 15 is 0 Å². The van der Waals surface area contributed by atoms with Gasteiger partial charge in [0.15, 0.2) is 0 Å². The first-order valence-electron chi connectivity index (χ1n) is 3.63. The summed E-state index contributed by atoms with van der Waals surface area (Å²) in [7, 11) is 0. The van der Waals surface area contributed by atoms with Gasteiger partial charge < -0.3 is 0 Å². The van der Waals surface area contributed by atoms with E-state index in [0.29, 0.717) is 0 Å². The van der Waals surface area contributed by atoms with E-state index in [1.807, 2.05) is 23.1 Å². The fraction of sp³-hybridized carbons (Fsp3) is 0.500. The minimum absolute atomic E-state index is 0.743.